The lowest BCUT2D eigenvalue weighted by atomic mass is 10.1. The van der Waals surface area contributed by atoms with E-state index in [1.165, 1.54) is 6.92 Å². The van der Waals surface area contributed by atoms with Crippen molar-refractivity contribution in [3.05, 3.63) is 0 Å². The van der Waals surface area contributed by atoms with Crippen LogP contribution in [0.1, 0.15) is 20.8 Å². The van der Waals surface area contributed by atoms with Crippen LogP contribution in [-0.4, -0.2) is 43.0 Å². The van der Waals surface area contributed by atoms with Crippen molar-refractivity contribution in [1.82, 2.24) is 0 Å². The summed E-state index contributed by atoms with van der Waals surface area (Å²) >= 11 is 0. The van der Waals surface area contributed by atoms with Crippen molar-refractivity contribution < 1.29 is 19.4 Å². The number of aliphatic hydroxyl groups is 1. The van der Waals surface area contributed by atoms with E-state index in [0.29, 0.717) is 19.1 Å². The fraction of sp³-hybridized carbons (Fsp3) is 0.900. The van der Waals surface area contributed by atoms with Crippen LogP contribution in [0.2, 0.25) is 0 Å². The molecule has 1 atom stereocenters. The molecule has 0 fully saturated rings. The zero-order valence-corrected chi connectivity index (χ0v) is 9.66. The molecule has 0 aliphatic carbocycles. The first kappa shape index (κ1) is 14.3. The molecule has 0 saturated heterocycles. The van der Waals surface area contributed by atoms with E-state index < -0.39 is 11.6 Å². The van der Waals surface area contributed by atoms with E-state index in [0.717, 1.165) is 0 Å². The molecule has 0 aromatic rings. The zero-order chi connectivity index (χ0) is 11.9. The average Bonchev–Trinajstić information content (AvgIpc) is 2.16. The monoisotopic (exact) mass is 219 g/mol. The minimum atomic E-state index is -1.60. The first-order valence-electron chi connectivity index (χ1n) is 5.07. The van der Waals surface area contributed by atoms with Crippen LogP contribution < -0.4 is 5.73 Å². The van der Waals surface area contributed by atoms with Crippen molar-refractivity contribution in [2.75, 3.05) is 26.4 Å². The molecule has 0 radical (unpaired) electrons. The molecule has 0 aliphatic rings. The summed E-state index contributed by atoms with van der Waals surface area (Å²) in [5.41, 5.74) is 3.60. The average molecular weight is 219 g/mol. The van der Waals surface area contributed by atoms with Gasteiger partial charge in [-0.05, 0) is 12.8 Å². The van der Waals surface area contributed by atoms with Gasteiger partial charge in [-0.3, -0.25) is 0 Å². The molecule has 0 bridgehead atoms. The van der Waals surface area contributed by atoms with Gasteiger partial charge in [0.15, 0.2) is 5.60 Å². The Kier molecular flexibility index (Phi) is 6.47. The Hall–Kier alpha value is -0.650. The normalized spacial score (nSPS) is 15.1. The van der Waals surface area contributed by atoms with Crippen molar-refractivity contribution in [1.29, 1.82) is 0 Å². The summed E-state index contributed by atoms with van der Waals surface area (Å²) in [6.07, 6.45) is 0. The van der Waals surface area contributed by atoms with E-state index in [1.807, 2.05) is 13.8 Å². The van der Waals surface area contributed by atoms with Crippen molar-refractivity contribution >= 4 is 5.97 Å². The predicted molar refractivity (Wildman–Crippen MR) is 56.3 cm³/mol. The van der Waals surface area contributed by atoms with E-state index in [4.69, 9.17) is 15.2 Å². The number of hydrogen-bond donors (Lipinski definition) is 2. The fourth-order valence-electron chi connectivity index (χ4n) is 0.751. The summed E-state index contributed by atoms with van der Waals surface area (Å²) in [6, 6.07) is 0. The first-order valence-corrected chi connectivity index (χ1v) is 5.07. The Morgan fingerprint density at radius 2 is 2.07 bits per heavy atom. The molecule has 5 nitrogen and oxygen atoms in total. The summed E-state index contributed by atoms with van der Waals surface area (Å²) in [6.45, 7) is 6.34. The third-order valence-corrected chi connectivity index (χ3v) is 1.75. The van der Waals surface area contributed by atoms with E-state index in [1.54, 1.807) is 0 Å². The second kappa shape index (κ2) is 6.76. The summed E-state index contributed by atoms with van der Waals surface area (Å²) in [4.78, 5) is 11.2. The second-order valence-electron chi connectivity index (χ2n) is 4.08. The zero-order valence-electron chi connectivity index (χ0n) is 9.66. The Morgan fingerprint density at radius 1 is 1.47 bits per heavy atom. The summed E-state index contributed by atoms with van der Waals surface area (Å²) in [5, 5.41) is 9.40. The summed E-state index contributed by atoms with van der Waals surface area (Å²) < 4.78 is 9.99. The maximum Gasteiger partial charge on any atom is 0.339 e. The van der Waals surface area contributed by atoms with Gasteiger partial charge >= 0.3 is 5.97 Å². The molecule has 90 valence electrons. The topological polar surface area (TPSA) is 81.8 Å². The van der Waals surface area contributed by atoms with Gasteiger partial charge in [0.05, 0.1) is 6.61 Å². The molecule has 0 aliphatic heterocycles. The highest BCUT2D eigenvalue weighted by atomic mass is 16.6. The molecule has 15 heavy (non-hydrogen) atoms. The number of esters is 1. The standard InChI is InChI=1S/C10H21NO4/c1-8(2)6-14-4-5-15-9(12)10(3,13)7-11/h8,13H,4-7,11H2,1-3H3. The highest BCUT2D eigenvalue weighted by molar-refractivity contribution is 5.78. The van der Waals surface area contributed by atoms with Crippen molar-refractivity contribution in [3.8, 4) is 0 Å². The quantitative estimate of drug-likeness (QED) is 0.462. The molecule has 1 unspecified atom stereocenters. The third-order valence-electron chi connectivity index (χ3n) is 1.75. The van der Waals surface area contributed by atoms with Crippen LogP contribution in [0.4, 0.5) is 0 Å². The fourth-order valence-corrected chi connectivity index (χ4v) is 0.751. The molecule has 5 heteroatoms. The van der Waals surface area contributed by atoms with E-state index in [9.17, 15) is 9.90 Å². The molecule has 3 N–H and O–H groups in total. The number of carbonyl (C=O) groups excluding carboxylic acids is 1. The Labute approximate surface area is 90.5 Å². The number of hydrogen-bond acceptors (Lipinski definition) is 5. The van der Waals surface area contributed by atoms with Gasteiger partial charge in [-0.15, -0.1) is 0 Å². The first-order chi connectivity index (χ1) is 6.90. The van der Waals surface area contributed by atoms with E-state index in [-0.39, 0.29) is 13.2 Å². The van der Waals surface area contributed by atoms with Crippen LogP contribution in [0.25, 0.3) is 0 Å². The lowest BCUT2D eigenvalue weighted by molar-refractivity contribution is -0.164. The number of nitrogens with two attached hydrogens (primary N) is 1. The van der Waals surface area contributed by atoms with Crippen molar-refractivity contribution in [3.63, 3.8) is 0 Å². The minimum Gasteiger partial charge on any atom is -0.461 e. The summed E-state index contributed by atoms with van der Waals surface area (Å²) in [5.74, 6) is -0.258. The number of carbonyl (C=O) groups is 1. The molecule has 0 aromatic carbocycles. The molecule has 0 amide bonds. The molecular formula is C10H21NO4. The van der Waals surface area contributed by atoms with Gasteiger partial charge in [0, 0.05) is 13.2 Å². The van der Waals surface area contributed by atoms with Crippen LogP contribution in [0.5, 0.6) is 0 Å². The van der Waals surface area contributed by atoms with Gasteiger partial charge in [-0.1, -0.05) is 13.8 Å². The minimum absolute atomic E-state index is 0.141. The van der Waals surface area contributed by atoms with Crippen LogP contribution in [0, 0.1) is 5.92 Å². The Balaban J connectivity index is 3.56. The van der Waals surface area contributed by atoms with Gasteiger partial charge in [0.25, 0.3) is 0 Å². The van der Waals surface area contributed by atoms with E-state index in [2.05, 4.69) is 0 Å². The lowest BCUT2D eigenvalue weighted by Gasteiger charge is -2.18. The predicted octanol–water partition coefficient (Wildman–Crippen LogP) is -0.0881. The molecule has 0 saturated carbocycles. The van der Waals surface area contributed by atoms with Crippen molar-refractivity contribution in [2.45, 2.75) is 26.4 Å². The van der Waals surface area contributed by atoms with Crippen LogP contribution in [0.3, 0.4) is 0 Å². The van der Waals surface area contributed by atoms with Crippen molar-refractivity contribution in [2.24, 2.45) is 11.7 Å². The molecule has 0 heterocycles. The molecule has 0 aromatic heterocycles. The number of ether oxygens (including phenoxy) is 2. The van der Waals surface area contributed by atoms with Gasteiger partial charge in [0.2, 0.25) is 0 Å². The largest absolute Gasteiger partial charge is 0.461 e. The SMILES string of the molecule is CC(C)COCCOC(=O)C(C)(O)CN. The maximum absolute atomic E-state index is 11.2. The van der Waals surface area contributed by atoms with Crippen LogP contribution >= 0.6 is 0 Å². The molecule has 0 rings (SSSR count). The van der Waals surface area contributed by atoms with Gasteiger partial charge in [0.1, 0.15) is 6.61 Å². The maximum atomic E-state index is 11.2. The smallest absolute Gasteiger partial charge is 0.339 e. The third kappa shape index (κ3) is 6.43. The van der Waals surface area contributed by atoms with Gasteiger partial charge in [-0.2, -0.15) is 0 Å². The Bertz CT molecular complexity index is 192. The van der Waals surface area contributed by atoms with Crippen LogP contribution in [0.15, 0.2) is 0 Å². The molecular weight excluding hydrogens is 198 g/mol. The van der Waals surface area contributed by atoms with Gasteiger partial charge < -0.3 is 20.3 Å². The van der Waals surface area contributed by atoms with Gasteiger partial charge in [-0.25, -0.2) is 4.79 Å². The Morgan fingerprint density at radius 3 is 2.53 bits per heavy atom. The highest BCUT2D eigenvalue weighted by Crippen LogP contribution is 2.03. The highest BCUT2D eigenvalue weighted by Gasteiger charge is 2.29. The summed E-state index contributed by atoms with van der Waals surface area (Å²) in [7, 11) is 0. The molecule has 0 spiro atoms. The lowest BCUT2D eigenvalue weighted by Crippen LogP contribution is -2.44. The van der Waals surface area contributed by atoms with E-state index >= 15 is 0 Å². The van der Waals surface area contributed by atoms with Crippen LogP contribution in [-0.2, 0) is 14.3 Å². The number of rotatable bonds is 7. The second-order valence-corrected chi connectivity index (χ2v) is 4.08.